The van der Waals surface area contributed by atoms with Crippen molar-refractivity contribution in [3.63, 3.8) is 0 Å². The van der Waals surface area contributed by atoms with Gasteiger partial charge in [0, 0.05) is 36.1 Å². The first kappa shape index (κ1) is 46.3. The van der Waals surface area contributed by atoms with Crippen molar-refractivity contribution in [1.29, 1.82) is 10.5 Å². The number of carbonyl (C=O) groups excluding carboxylic acids is 3. The zero-order valence-corrected chi connectivity index (χ0v) is 40.3. The molecule has 2 spiro atoms. The Hall–Kier alpha value is -7.41. The fourth-order valence-corrected chi connectivity index (χ4v) is 11.3. The normalized spacial score (nSPS) is 24.9. The van der Waals surface area contributed by atoms with Crippen molar-refractivity contribution in [2.24, 2.45) is 10.8 Å². The van der Waals surface area contributed by atoms with Gasteiger partial charge >= 0.3 is 18.3 Å². The second kappa shape index (κ2) is 16.9. The maximum absolute atomic E-state index is 13.5. The molecule has 4 atom stereocenters. The minimum Gasteiger partial charge on any atom is -0.441 e. The molecule has 2 aliphatic heterocycles. The number of benzene rings is 2. The summed E-state index contributed by atoms with van der Waals surface area (Å²) in [5, 5.41) is 27.5. The Balaban J connectivity index is 0.719. The zero-order valence-electron chi connectivity index (χ0n) is 40.3. The predicted octanol–water partition coefficient (Wildman–Crippen LogP) is 9.47. The maximum atomic E-state index is 13.5. The first-order chi connectivity index (χ1) is 33.3. The summed E-state index contributed by atoms with van der Waals surface area (Å²) in [4.78, 5) is 52.0. The average Bonchev–Trinajstić information content (AvgIpc) is 4.20. The Morgan fingerprint density at radius 3 is 1.51 bits per heavy atom. The van der Waals surface area contributed by atoms with E-state index in [1.54, 1.807) is 36.9 Å². The van der Waals surface area contributed by atoms with Crippen molar-refractivity contribution in [3.8, 4) is 12.1 Å². The number of nitrogens with zero attached hydrogens (tertiary/aromatic N) is 10. The van der Waals surface area contributed by atoms with Crippen molar-refractivity contribution in [2.75, 3.05) is 36.1 Å². The third-order valence-corrected chi connectivity index (χ3v) is 14.9. The summed E-state index contributed by atoms with van der Waals surface area (Å²) >= 11 is 0. The molecule has 2 amide bonds. The van der Waals surface area contributed by atoms with Crippen molar-refractivity contribution >= 4 is 52.2 Å². The van der Waals surface area contributed by atoms with E-state index in [-0.39, 0.29) is 35.8 Å². The van der Waals surface area contributed by atoms with Crippen LogP contribution in [-0.4, -0.2) is 85.3 Å². The van der Waals surface area contributed by atoms with Gasteiger partial charge in [0.2, 0.25) is 11.8 Å². The van der Waals surface area contributed by atoms with Gasteiger partial charge in [-0.15, -0.1) is 0 Å². The molecule has 0 N–H and O–H groups in total. The van der Waals surface area contributed by atoms with E-state index < -0.39 is 40.4 Å². The average molecular weight is 953 g/mol. The van der Waals surface area contributed by atoms with Crippen LogP contribution in [0.5, 0.6) is 0 Å². The molecule has 70 heavy (non-hydrogen) atoms. The Kier molecular flexibility index (Phi) is 11.2. The van der Waals surface area contributed by atoms with Crippen LogP contribution in [0.25, 0.3) is 22.1 Å². The number of fused-ring (bicyclic) bond motifs is 2. The summed E-state index contributed by atoms with van der Waals surface area (Å²) in [7, 11) is 0. The van der Waals surface area contributed by atoms with Gasteiger partial charge < -0.3 is 37.1 Å². The molecule has 10 rings (SSSR count). The van der Waals surface area contributed by atoms with E-state index in [0.717, 1.165) is 47.8 Å². The van der Waals surface area contributed by atoms with E-state index in [4.69, 9.17) is 28.0 Å². The number of nitriles is 2. The highest BCUT2D eigenvalue weighted by Crippen LogP contribution is 2.50. The number of aromatic nitrogens is 6. The fourth-order valence-electron chi connectivity index (χ4n) is 11.3. The van der Waals surface area contributed by atoms with E-state index >= 15 is 0 Å². The molecule has 19 nitrogen and oxygen atoms in total. The third-order valence-electron chi connectivity index (χ3n) is 14.9. The molecule has 4 aliphatic rings. The molecule has 0 bridgehead atoms. The molecule has 2 saturated carbocycles. The molecule has 6 aromatic rings. The number of amides is 2. The molecule has 4 aromatic heterocycles. The molecule has 19 heteroatoms. The number of carbonyl (C=O) groups is 3. The topological polar surface area (TPSA) is 230 Å². The number of hydrogen-bond donors (Lipinski definition) is 0. The third kappa shape index (κ3) is 8.77. The van der Waals surface area contributed by atoms with Gasteiger partial charge in [-0.25, -0.2) is 34.2 Å². The highest BCUT2D eigenvalue weighted by Gasteiger charge is 2.54. The van der Waals surface area contributed by atoms with Crippen LogP contribution in [0.4, 0.5) is 26.2 Å². The van der Waals surface area contributed by atoms with Crippen LogP contribution in [0, 0.1) is 33.5 Å². The van der Waals surface area contributed by atoms with Crippen molar-refractivity contribution < 1.29 is 42.4 Å². The van der Waals surface area contributed by atoms with E-state index in [9.17, 15) is 24.9 Å². The minimum absolute atomic E-state index is 0.100. The summed E-state index contributed by atoms with van der Waals surface area (Å²) in [6.45, 7) is 13.5. The number of hydrogen-bond acceptors (Lipinski definition) is 15. The second-order valence-corrected chi connectivity index (χ2v) is 22.0. The predicted molar refractivity (Wildman–Crippen MR) is 252 cm³/mol. The smallest absolute Gasteiger partial charge is 0.441 e. The van der Waals surface area contributed by atoms with Crippen LogP contribution < -0.4 is 9.80 Å². The first-order valence-corrected chi connectivity index (χ1v) is 23.7. The molecule has 0 radical (unpaired) electrons. The van der Waals surface area contributed by atoms with E-state index in [2.05, 4.69) is 55.4 Å². The van der Waals surface area contributed by atoms with Crippen LogP contribution in [0.2, 0.25) is 0 Å². The largest absolute Gasteiger partial charge is 0.508 e. The Labute approximate surface area is 404 Å². The molecule has 2 aromatic carbocycles. The molecular weight excluding hydrogens is 897 g/mol. The quantitative estimate of drug-likeness (QED) is 0.0821. The van der Waals surface area contributed by atoms with Crippen molar-refractivity contribution in [3.05, 3.63) is 83.7 Å². The molecule has 4 fully saturated rings. The van der Waals surface area contributed by atoms with Gasteiger partial charge in [0.1, 0.15) is 24.4 Å². The maximum Gasteiger partial charge on any atom is 0.508 e. The van der Waals surface area contributed by atoms with Crippen LogP contribution in [-0.2, 0) is 42.9 Å². The fraction of sp³-hybridized carbons (Fsp3) is 0.510. The number of ether oxygens (including phenoxy) is 4. The molecule has 6 heterocycles. The first-order valence-electron chi connectivity index (χ1n) is 23.7. The number of anilines is 2. The summed E-state index contributed by atoms with van der Waals surface area (Å²) in [6, 6.07) is 18.7. The monoisotopic (exact) mass is 952 g/mol. The highest BCUT2D eigenvalue weighted by atomic mass is 16.7. The van der Waals surface area contributed by atoms with Crippen LogP contribution in [0.15, 0.2) is 70.2 Å². The Bertz CT molecular complexity index is 2910. The number of imidazole rings is 2. The van der Waals surface area contributed by atoms with Crippen molar-refractivity contribution in [1.82, 2.24) is 29.4 Å². The van der Waals surface area contributed by atoms with Gasteiger partial charge in [-0.05, 0) is 98.6 Å². The van der Waals surface area contributed by atoms with E-state index in [1.807, 2.05) is 52.0 Å². The molecule has 2 aliphatic carbocycles. The minimum atomic E-state index is -0.896. The summed E-state index contributed by atoms with van der Waals surface area (Å²) in [6.07, 6.45) is 7.97. The van der Waals surface area contributed by atoms with Gasteiger partial charge in [0.15, 0.2) is 0 Å². The lowest BCUT2D eigenvalue weighted by molar-refractivity contribution is -0.0271. The SMILES string of the molecule is CC(C)(COC(=O)OCC(C)(C)c1cc(N2C[C@@]3(CCC[C@](C)(Cn4cnc5ccc(C#N)cc54)C3)OC2=O)on1)c1cc(N2C[C@@]3(CCC[C@](C)(Cn4cnc5ccc(C#N)cc54)C3)OC2=O)on1. The summed E-state index contributed by atoms with van der Waals surface area (Å²) in [5.74, 6) is 0.479. The second-order valence-electron chi connectivity index (χ2n) is 22.0. The van der Waals surface area contributed by atoms with Crippen molar-refractivity contribution in [2.45, 2.75) is 128 Å². The highest BCUT2D eigenvalue weighted by molar-refractivity contribution is 5.89. The van der Waals surface area contributed by atoms with Gasteiger partial charge in [-0.3, -0.25) is 0 Å². The lowest BCUT2D eigenvalue weighted by Gasteiger charge is -2.43. The lowest BCUT2D eigenvalue weighted by atomic mass is 9.68. The summed E-state index contributed by atoms with van der Waals surface area (Å²) in [5.41, 5.74) is 2.00. The van der Waals surface area contributed by atoms with E-state index in [0.29, 0.717) is 74.4 Å². The zero-order chi connectivity index (χ0) is 49.3. The molecule has 364 valence electrons. The van der Waals surface area contributed by atoms with Gasteiger partial charge in [0.25, 0.3) is 0 Å². The molecular formula is C51H56N10O9. The van der Waals surface area contributed by atoms with Crippen LogP contribution in [0.1, 0.15) is 115 Å². The van der Waals surface area contributed by atoms with Crippen LogP contribution in [0.3, 0.4) is 0 Å². The standard InChI is InChI=1S/C51H56N10O9/c1-46(2,39-19-41(69-56-39)60-27-50(67-43(60)62)15-7-13-48(5,23-50)25-58-31-54-35-11-9-33(21-52)17-37(35)58)29-65-45(64)66-30-47(3,4)40-20-42(70-57-40)61-28-51(68-44(61)63)16-8-14-49(6,24-51)26-59-32-55-36-12-10-34(22-53)18-38(36)59/h9-12,17-20,31-32H,7-8,13-16,23-30H2,1-6H3/t48-,49-,50-,51-/m0/s1. The molecule has 2 saturated heterocycles. The van der Waals surface area contributed by atoms with Gasteiger partial charge in [0.05, 0.1) is 82.5 Å². The van der Waals surface area contributed by atoms with Gasteiger partial charge in [-0.1, -0.05) is 51.9 Å². The number of rotatable bonds is 12. The van der Waals surface area contributed by atoms with Gasteiger partial charge in [-0.2, -0.15) is 10.5 Å². The lowest BCUT2D eigenvalue weighted by Crippen LogP contribution is -2.45. The summed E-state index contributed by atoms with van der Waals surface area (Å²) < 4.78 is 39.1. The Morgan fingerprint density at radius 2 is 1.10 bits per heavy atom. The van der Waals surface area contributed by atoms with E-state index in [1.165, 1.54) is 9.80 Å². The Morgan fingerprint density at radius 1 is 0.671 bits per heavy atom. The van der Waals surface area contributed by atoms with Crippen LogP contribution >= 0.6 is 0 Å². The molecule has 0 unspecified atom stereocenters.